The Kier molecular flexibility index (Phi) is 7.09. The van der Waals surface area contributed by atoms with Crippen LogP contribution in [0.3, 0.4) is 0 Å². The average molecular weight is 468 g/mol. The van der Waals surface area contributed by atoms with E-state index in [0.717, 1.165) is 30.2 Å². The van der Waals surface area contributed by atoms with Gasteiger partial charge in [-0.15, -0.1) is 0 Å². The molecule has 1 N–H and O–H groups in total. The summed E-state index contributed by atoms with van der Waals surface area (Å²) >= 11 is 0. The quantitative estimate of drug-likeness (QED) is 0.400. The second-order valence-electron chi connectivity index (χ2n) is 8.45. The maximum absolute atomic E-state index is 12.8. The largest absolute Gasteiger partial charge is 0.465 e. The van der Waals surface area contributed by atoms with E-state index in [9.17, 15) is 14.9 Å². The van der Waals surface area contributed by atoms with Crippen molar-refractivity contribution in [2.45, 2.75) is 33.4 Å². The monoisotopic (exact) mass is 467 g/mol. The molecule has 1 unspecified atom stereocenters. The van der Waals surface area contributed by atoms with Gasteiger partial charge < -0.3 is 14.5 Å². The van der Waals surface area contributed by atoms with Crippen LogP contribution in [0.25, 0.3) is 0 Å². The van der Waals surface area contributed by atoms with Crippen LogP contribution in [0.1, 0.15) is 44.9 Å². The molecule has 1 amide bonds. The van der Waals surface area contributed by atoms with Gasteiger partial charge in [0.1, 0.15) is 22.9 Å². The van der Waals surface area contributed by atoms with Crippen molar-refractivity contribution in [1.29, 1.82) is 0 Å². The molecule has 3 aromatic rings. The first-order valence-electron chi connectivity index (χ1n) is 11.3. The molecular weight excluding hydrogens is 438 g/mol. The van der Waals surface area contributed by atoms with Crippen molar-refractivity contribution < 1.29 is 18.9 Å². The van der Waals surface area contributed by atoms with Gasteiger partial charge in [-0.3, -0.25) is 24.5 Å². The van der Waals surface area contributed by atoms with Crippen LogP contribution >= 0.6 is 0 Å². The van der Waals surface area contributed by atoms with Crippen molar-refractivity contribution in [3.8, 4) is 0 Å². The molecule has 1 aromatic carbocycles. The second-order valence-corrected chi connectivity index (χ2v) is 8.45. The molecule has 0 saturated carbocycles. The molecule has 10 nitrogen and oxygen atoms in total. The molecule has 4 rings (SSSR count). The Bertz CT molecular complexity index is 1160. The zero-order valence-electron chi connectivity index (χ0n) is 19.6. The minimum atomic E-state index is -0.407. The lowest BCUT2D eigenvalue weighted by Gasteiger charge is -2.33. The van der Waals surface area contributed by atoms with Crippen molar-refractivity contribution in [2.75, 3.05) is 32.8 Å². The van der Waals surface area contributed by atoms with Crippen molar-refractivity contribution in [3.05, 3.63) is 80.5 Å². The summed E-state index contributed by atoms with van der Waals surface area (Å²) in [6.45, 7) is 8.90. The molecule has 0 bridgehead atoms. The molecule has 1 fully saturated rings. The van der Waals surface area contributed by atoms with Gasteiger partial charge in [0.2, 0.25) is 0 Å². The minimum Gasteiger partial charge on any atom is -0.465 e. The Morgan fingerprint density at radius 3 is 2.44 bits per heavy atom. The zero-order valence-corrected chi connectivity index (χ0v) is 19.6. The number of rotatable bonds is 8. The summed E-state index contributed by atoms with van der Waals surface area (Å²) in [7, 11) is 0. The zero-order chi connectivity index (χ0) is 24.2. The van der Waals surface area contributed by atoms with Crippen molar-refractivity contribution in [2.24, 2.45) is 0 Å². The standard InChI is InChI=1S/C24H29N5O5/c1-16-4-9-22(34-16)21(27-10-12-33-13-11-27)14-25-24(30)20-7-5-19(6-8-20)15-28-18(3)23(29(31)32)17(2)26-28/h4-9,21H,10-15H2,1-3H3,(H,25,30). The molecule has 3 heterocycles. The van der Waals surface area contributed by atoms with Crippen LogP contribution < -0.4 is 5.32 Å². The van der Waals surface area contributed by atoms with Crippen LogP contribution in [0.15, 0.2) is 40.8 Å². The van der Waals surface area contributed by atoms with Crippen LogP contribution in [0, 0.1) is 30.9 Å². The summed E-state index contributed by atoms with van der Waals surface area (Å²) in [4.78, 5) is 25.9. The van der Waals surface area contributed by atoms with Crippen LogP contribution in [-0.2, 0) is 11.3 Å². The number of carbonyl (C=O) groups is 1. The smallest absolute Gasteiger partial charge is 0.312 e. The summed E-state index contributed by atoms with van der Waals surface area (Å²) in [5.74, 6) is 1.49. The van der Waals surface area contributed by atoms with Crippen LogP contribution in [0.5, 0.6) is 0 Å². The van der Waals surface area contributed by atoms with E-state index in [1.807, 2.05) is 31.2 Å². The van der Waals surface area contributed by atoms with Gasteiger partial charge in [-0.25, -0.2) is 0 Å². The lowest BCUT2D eigenvalue weighted by Crippen LogP contribution is -2.43. The summed E-state index contributed by atoms with van der Waals surface area (Å²) < 4.78 is 12.9. The molecule has 0 aliphatic carbocycles. The maximum Gasteiger partial charge on any atom is 0.312 e. The number of nitro groups is 1. The predicted octanol–water partition coefficient (Wildman–Crippen LogP) is 3.16. The molecule has 10 heteroatoms. The summed E-state index contributed by atoms with van der Waals surface area (Å²) in [6, 6.07) is 11.0. The SMILES string of the molecule is Cc1ccc(C(CNC(=O)c2ccc(Cn3nc(C)c([N+](=O)[O-])c3C)cc2)N2CCOCC2)o1. The molecular formula is C24H29N5O5. The van der Waals surface area contributed by atoms with Gasteiger partial charge in [0, 0.05) is 25.2 Å². The molecule has 1 saturated heterocycles. The third-order valence-electron chi connectivity index (χ3n) is 6.11. The van der Waals surface area contributed by atoms with Crippen LogP contribution in [0.2, 0.25) is 0 Å². The Labute approximate surface area is 197 Å². The molecule has 34 heavy (non-hydrogen) atoms. The number of aromatic nitrogens is 2. The summed E-state index contributed by atoms with van der Waals surface area (Å²) in [5, 5.41) is 18.5. The van der Waals surface area contributed by atoms with Crippen LogP contribution in [-0.4, -0.2) is 58.4 Å². The number of amides is 1. The first kappa shape index (κ1) is 23.7. The fourth-order valence-electron chi connectivity index (χ4n) is 4.26. The third kappa shape index (κ3) is 5.18. The lowest BCUT2D eigenvalue weighted by molar-refractivity contribution is -0.386. The van der Waals surface area contributed by atoms with E-state index in [2.05, 4.69) is 15.3 Å². The van der Waals surface area contributed by atoms with Crippen molar-refractivity contribution in [3.63, 3.8) is 0 Å². The molecule has 0 spiro atoms. The Hall–Kier alpha value is -3.50. The number of furan rings is 1. The van der Waals surface area contributed by atoms with Crippen LogP contribution in [0.4, 0.5) is 5.69 Å². The number of carbonyl (C=O) groups excluding carboxylic acids is 1. The first-order valence-corrected chi connectivity index (χ1v) is 11.3. The van der Waals surface area contributed by atoms with Gasteiger partial charge >= 0.3 is 5.69 Å². The van der Waals surface area contributed by atoms with E-state index in [1.54, 1.807) is 30.7 Å². The number of ether oxygens (including phenoxy) is 1. The summed E-state index contributed by atoms with van der Waals surface area (Å²) in [6.07, 6.45) is 0. The lowest BCUT2D eigenvalue weighted by atomic mass is 10.1. The molecule has 0 radical (unpaired) electrons. The Morgan fingerprint density at radius 1 is 1.15 bits per heavy atom. The number of aryl methyl sites for hydroxylation is 2. The fourth-order valence-corrected chi connectivity index (χ4v) is 4.26. The first-order chi connectivity index (χ1) is 16.3. The highest BCUT2D eigenvalue weighted by molar-refractivity contribution is 5.94. The number of hydrogen-bond donors (Lipinski definition) is 1. The Balaban J connectivity index is 1.41. The maximum atomic E-state index is 12.8. The number of hydrogen-bond acceptors (Lipinski definition) is 7. The highest BCUT2D eigenvalue weighted by atomic mass is 16.6. The number of nitrogens with one attached hydrogen (secondary N) is 1. The van der Waals surface area contributed by atoms with E-state index >= 15 is 0 Å². The normalized spacial score (nSPS) is 15.3. The number of benzene rings is 1. The average Bonchev–Trinajstić information content (AvgIpc) is 3.37. The van der Waals surface area contributed by atoms with E-state index in [-0.39, 0.29) is 17.6 Å². The van der Waals surface area contributed by atoms with Gasteiger partial charge in [-0.05, 0) is 50.6 Å². The van der Waals surface area contributed by atoms with Gasteiger partial charge in [-0.1, -0.05) is 12.1 Å². The van der Waals surface area contributed by atoms with Gasteiger partial charge in [0.15, 0.2) is 0 Å². The predicted molar refractivity (Wildman–Crippen MR) is 125 cm³/mol. The van der Waals surface area contributed by atoms with Crippen molar-refractivity contribution in [1.82, 2.24) is 20.0 Å². The number of nitrogens with zero attached hydrogens (tertiary/aromatic N) is 4. The molecule has 1 aliphatic rings. The molecule has 1 aliphatic heterocycles. The third-order valence-corrected chi connectivity index (χ3v) is 6.11. The van der Waals surface area contributed by atoms with E-state index < -0.39 is 4.92 Å². The topological polar surface area (TPSA) is 116 Å². The van der Waals surface area contributed by atoms with Gasteiger partial charge in [-0.2, -0.15) is 5.10 Å². The van der Waals surface area contributed by atoms with Gasteiger partial charge in [0.05, 0.1) is 30.7 Å². The molecule has 2 aromatic heterocycles. The molecule has 180 valence electrons. The van der Waals surface area contributed by atoms with E-state index in [4.69, 9.17) is 9.15 Å². The van der Waals surface area contributed by atoms with E-state index in [1.165, 1.54) is 0 Å². The van der Waals surface area contributed by atoms with Crippen molar-refractivity contribution >= 4 is 11.6 Å². The number of morpholine rings is 1. The fraction of sp³-hybridized carbons (Fsp3) is 0.417. The van der Waals surface area contributed by atoms with Gasteiger partial charge in [0.25, 0.3) is 5.91 Å². The molecule has 1 atom stereocenters. The second kappa shape index (κ2) is 10.2. The highest BCUT2D eigenvalue weighted by Gasteiger charge is 2.26. The van der Waals surface area contributed by atoms with E-state index in [0.29, 0.717) is 43.3 Å². The Morgan fingerprint density at radius 2 is 1.85 bits per heavy atom. The minimum absolute atomic E-state index is 0.0394. The summed E-state index contributed by atoms with van der Waals surface area (Å²) in [5.41, 5.74) is 2.37. The highest BCUT2D eigenvalue weighted by Crippen LogP contribution is 2.24.